The van der Waals surface area contributed by atoms with Gasteiger partial charge in [0, 0.05) is 11.1 Å². The number of carbonyl (C=O) groups excluding carboxylic acids is 1. The highest BCUT2D eigenvalue weighted by molar-refractivity contribution is 8.00. The molecule has 1 aromatic heterocycles. The molecule has 0 aliphatic carbocycles. The van der Waals surface area contributed by atoms with Gasteiger partial charge in [-0.05, 0) is 25.1 Å². The number of halogens is 3. The van der Waals surface area contributed by atoms with E-state index in [-0.39, 0.29) is 17.2 Å². The van der Waals surface area contributed by atoms with Crippen LogP contribution in [-0.2, 0) is 4.79 Å². The lowest BCUT2D eigenvalue weighted by Crippen LogP contribution is -2.16. The van der Waals surface area contributed by atoms with Gasteiger partial charge >= 0.3 is 0 Å². The molecule has 2 aromatic carbocycles. The van der Waals surface area contributed by atoms with E-state index < -0.39 is 16.9 Å². The van der Waals surface area contributed by atoms with Crippen molar-refractivity contribution < 1.29 is 13.6 Å². The number of rotatable bonds is 2. The van der Waals surface area contributed by atoms with Gasteiger partial charge in [-0.15, -0.1) is 11.8 Å². The summed E-state index contributed by atoms with van der Waals surface area (Å²) in [4.78, 5) is 12.3. The average Bonchev–Trinajstić information content (AvgIpc) is 2.84. The Morgan fingerprint density at radius 3 is 2.78 bits per heavy atom. The van der Waals surface area contributed by atoms with Crippen molar-refractivity contribution in [2.24, 2.45) is 0 Å². The number of nitrogens with zero attached hydrogens (tertiary/aromatic N) is 2. The van der Waals surface area contributed by atoms with Crippen LogP contribution in [0.1, 0.15) is 22.1 Å². The molecule has 3 aromatic rings. The highest BCUT2D eigenvalue weighted by Crippen LogP contribution is 2.45. The van der Waals surface area contributed by atoms with Gasteiger partial charge in [-0.1, -0.05) is 35.9 Å². The number of anilines is 1. The van der Waals surface area contributed by atoms with Crippen molar-refractivity contribution in [3.63, 3.8) is 0 Å². The van der Waals surface area contributed by atoms with Crippen LogP contribution in [0.2, 0.25) is 5.02 Å². The molecule has 0 saturated heterocycles. The van der Waals surface area contributed by atoms with Gasteiger partial charge in [-0.3, -0.25) is 4.79 Å². The fraction of sp³-hybridized carbons (Fsp3) is 0.158. The Balaban J connectivity index is 1.95. The van der Waals surface area contributed by atoms with Crippen molar-refractivity contribution in [2.75, 3.05) is 11.1 Å². The van der Waals surface area contributed by atoms with E-state index in [9.17, 15) is 13.6 Å². The minimum absolute atomic E-state index is 0.108. The van der Waals surface area contributed by atoms with Gasteiger partial charge in [-0.25, -0.2) is 13.5 Å². The molecule has 1 atom stereocenters. The predicted octanol–water partition coefficient (Wildman–Crippen LogP) is 4.89. The second-order valence-electron chi connectivity index (χ2n) is 6.09. The topological polar surface area (TPSA) is 46.9 Å². The molecular weight excluding hydrogens is 392 g/mol. The molecule has 27 heavy (non-hydrogen) atoms. The van der Waals surface area contributed by atoms with Gasteiger partial charge < -0.3 is 5.32 Å². The number of benzene rings is 2. The molecule has 138 valence electrons. The lowest BCUT2D eigenvalue weighted by molar-refractivity contribution is -0.113. The monoisotopic (exact) mass is 405 g/mol. The maximum absolute atomic E-state index is 14.5. The molecule has 0 saturated carbocycles. The predicted molar refractivity (Wildman–Crippen MR) is 103 cm³/mol. The minimum atomic E-state index is -0.922. The third-order valence-electron chi connectivity index (χ3n) is 4.35. The lowest BCUT2D eigenvalue weighted by atomic mass is 10.0. The molecule has 1 amide bonds. The summed E-state index contributed by atoms with van der Waals surface area (Å²) in [5.41, 5.74) is 2.01. The largest absolute Gasteiger partial charge is 0.310 e. The molecule has 1 aliphatic heterocycles. The number of hydrogen-bond acceptors (Lipinski definition) is 3. The number of thioether (sulfide) groups is 1. The summed E-state index contributed by atoms with van der Waals surface area (Å²) in [5, 5.41) is 7.24. The van der Waals surface area contributed by atoms with Crippen LogP contribution in [0.5, 0.6) is 0 Å². The van der Waals surface area contributed by atoms with Crippen LogP contribution in [-0.4, -0.2) is 21.4 Å². The molecule has 0 bridgehead atoms. The molecule has 1 unspecified atom stereocenters. The van der Waals surface area contributed by atoms with Crippen LogP contribution in [0.3, 0.4) is 0 Å². The van der Waals surface area contributed by atoms with E-state index in [1.807, 2.05) is 6.07 Å². The van der Waals surface area contributed by atoms with E-state index in [0.717, 1.165) is 6.07 Å². The Hall–Kier alpha value is -2.38. The summed E-state index contributed by atoms with van der Waals surface area (Å²) in [6, 6.07) is 11.2. The summed E-state index contributed by atoms with van der Waals surface area (Å²) in [6.45, 7) is 1.77. The summed E-state index contributed by atoms with van der Waals surface area (Å²) >= 11 is 7.53. The number of nitrogens with one attached hydrogen (secondary N) is 1. The van der Waals surface area contributed by atoms with Crippen molar-refractivity contribution in [2.45, 2.75) is 12.2 Å². The van der Waals surface area contributed by atoms with Gasteiger partial charge in [0.1, 0.15) is 5.82 Å². The van der Waals surface area contributed by atoms with Crippen LogP contribution in [0.25, 0.3) is 5.69 Å². The van der Waals surface area contributed by atoms with Crippen molar-refractivity contribution in [3.05, 3.63) is 75.9 Å². The van der Waals surface area contributed by atoms with Gasteiger partial charge in [0.25, 0.3) is 0 Å². The Morgan fingerprint density at radius 2 is 2.00 bits per heavy atom. The molecule has 0 fully saturated rings. The minimum Gasteiger partial charge on any atom is -0.310 e. The number of para-hydroxylation sites is 1. The molecule has 4 rings (SSSR count). The van der Waals surface area contributed by atoms with Gasteiger partial charge in [-0.2, -0.15) is 5.10 Å². The first-order chi connectivity index (χ1) is 13.0. The third kappa shape index (κ3) is 3.11. The van der Waals surface area contributed by atoms with E-state index in [2.05, 4.69) is 10.4 Å². The second-order valence-corrected chi connectivity index (χ2v) is 7.59. The lowest BCUT2D eigenvalue weighted by Gasteiger charge is -2.16. The molecule has 1 aliphatic rings. The fourth-order valence-electron chi connectivity index (χ4n) is 3.15. The number of hydrogen-bond donors (Lipinski definition) is 1. The van der Waals surface area contributed by atoms with Crippen molar-refractivity contribution >= 4 is 35.1 Å². The molecule has 2 heterocycles. The number of aromatic nitrogens is 2. The molecule has 8 heteroatoms. The summed E-state index contributed by atoms with van der Waals surface area (Å²) in [7, 11) is 0. The number of aryl methyl sites for hydroxylation is 1. The standard InChI is InChI=1S/C19H14ClF2N3OS/c1-10-16-18(11-5-4-7-13(21)17(11)22)27-9-15(26)23-19(16)25(24-10)14-8-3-2-6-12(14)20/h2-8,18H,9H2,1H3,(H,23,26). The zero-order chi connectivity index (χ0) is 19.1. The van der Waals surface area contributed by atoms with E-state index in [0.29, 0.717) is 27.8 Å². The van der Waals surface area contributed by atoms with E-state index >= 15 is 0 Å². The van der Waals surface area contributed by atoms with Crippen molar-refractivity contribution in [3.8, 4) is 5.69 Å². The Morgan fingerprint density at radius 1 is 1.22 bits per heavy atom. The fourth-order valence-corrected chi connectivity index (χ4v) is 4.57. The van der Waals surface area contributed by atoms with Crippen LogP contribution in [0.15, 0.2) is 42.5 Å². The highest BCUT2D eigenvalue weighted by atomic mass is 35.5. The zero-order valence-electron chi connectivity index (χ0n) is 14.2. The molecule has 0 radical (unpaired) electrons. The van der Waals surface area contributed by atoms with Gasteiger partial charge in [0.05, 0.1) is 27.4 Å². The first-order valence-corrected chi connectivity index (χ1v) is 9.60. The normalized spacial score (nSPS) is 16.6. The number of fused-ring (bicyclic) bond motifs is 1. The summed E-state index contributed by atoms with van der Waals surface area (Å²) in [6.07, 6.45) is 0. The second kappa shape index (κ2) is 6.98. The average molecular weight is 406 g/mol. The maximum Gasteiger partial charge on any atom is 0.235 e. The number of amides is 1. The van der Waals surface area contributed by atoms with Crippen LogP contribution in [0.4, 0.5) is 14.6 Å². The van der Waals surface area contributed by atoms with Crippen molar-refractivity contribution in [1.29, 1.82) is 0 Å². The van der Waals surface area contributed by atoms with E-state index in [4.69, 9.17) is 11.6 Å². The van der Waals surface area contributed by atoms with E-state index in [1.54, 1.807) is 29.8 Å². The highest BCUT2D eigenvalue weighted by Gasteiger charge is 2.32. The molecule has 0 spiro atoms. The first-order valence-electron chi connectivity index (χ1n) is 8.17. The molecular formula is C19H14ClF2N3OS. The molecule has 4 nitrogen and oxygen atoms in total. The Kier molecular flexibility index (Phi) is 4.65. The zero-order valence-corrected chi connectivity index (χ0v) is 15.7. The quantitative estimate of drug-likeness (QED) is 0.660. The number of carbonyl (C=O) groups is 1. The van der Waals surface area contributed by atoms with Crippen LogP contribution in [0, 0.1) is 18.6 Å². The SMILES string of the molecule is Cc1nn(-c2ccccc2Cl)c2c1C(c1cccc(F)c1F)SCC(=O)N2. The maximum atomic E-state index is 14.5. The van der Waals surface area contributed by atoms with Crippen LogP contribution >= 0.6 is 23.4 Å². The van der Waals surface area contributed by atoms with Crippen molar-refractivity contribution in [1.82, 2.24) is 9.78 Å². The first kappa shape index (κ1) is 18.0. The van der Waals surface area contributed by atoms with E-state index in [1.165, 1.54) is 23.9 Å². The van der Waals surface area contributed by atoms with Gasteiger partial charge in [0.2, 0.25) is 5.91 Å². The summed E-state index contributed by atoms with van der Waals surface area (Å²) < 4.78 is 29.8. The summed E-state index contributed by atoms with van der Waals surface area (Å²) in [5.74, 6) is -1.55. The Bertz CT molecular complexity index is 1050. The third-order valence-corrected chi connectivity index (χ3v) is 5.92. The van der Waals surface area contributed by atoms with Crippen LogP contribution < -0.4 is 5.32 Å². The van der Waals surface area contributed by atoms with Gasteiger partial charge in [0.15, 0.2) is 11.6 Å². The molecule has 1 N–H and O–H groups in total. The smallest absolute Gasteiger partial charge is 0.235 e. The Labute approximate surface area is 163 Å².